The third-order valence-electron chi connectivity index (χ3n) is 7.14. The Hall–Kier alpha value is -2.60. The van der Waals surface area contributed by atoms with Crippen molar-refractivity contribution < 1.29 is 14.3 Å². The van der Waals surface area contributed by atoms with E-state index in [-0.39, 0.29) is 23.6 Å². The van der Waals surface area contributed by atoms with Crippen LogP contribution in [0.15, 0.2) is 53.3 Å². The van der Waals surface area contributed by atoms with E-state index in [2.05, 4.69) is 35.3 Å². The van der Waals surface area contributed by atoms with Crippen molar-refractivity contribution in [3.63, 3.8) is 0 Å². The number of nitrogens with zero attached hydrogens (tertiary/aromatic N) is 1. The summed E-state index contributed by atoms with van der Waals surface area (Å²) >= 11 is 0. The molecule has 2 aromatic rings. The summed E-state index contributed by atoms with van der Waals surface area (Å²) in [5, 5.41) is 0. The van der Waals surface area contributed by atoms with Gasteiger partial charge in [-0.05, 0) is 62.0 Å². The molecule has 0 radical (unpaired) electrons. The molecule has 1 aromatic heterocycles. The molecule has 1 saturated heterocycles. The lowest BCUT2D eigenvalue weighted by atomic mass is 9.79. The van der Waals surface area contributed by atoms with E-state index in [1.54, 1.807) is 11.0 Å². The normalized spacial score (nSPS) is 26.0. The van der Waals surface area contributed by atoms with Gasteiger partial charge in [-0.3, -0.25) is 4.79 Å². The molecule has 2 aliphatic rings. The number of ether oxygens (including phenoxy) is 2. The van der Waals surface area contributed by atoms with Gasteiger partial charge in [0.1, 0.15) is 0 Å². The van der Waals surface area contributed by atoms with Crippen LogP contribution >= 0.6 is 0 Å². The van der Waals surface area contributed by atoms with E-state index >= 15 is 0 Å². The van der Waals surface area contributed by atoms with E-state index in [1.807, 2.05) is 6.07 Å². The molecule has 1 aromatic carbocycles. The molecule has 1 amide bonds. The first kappa shape index (κ1) is 22.6. The maximum absolute atomic E-state index is 12.4. The van der Waals surface area contributed by atoms with Crippen molar-refractivity contribution in [3.8, 4) is 0 Å². The Bertz CT molecular complexity index is 921. The number of H-pyrrole nitrogens is 1. The standard InChI is InChI=1S/C26H34N2O4/c1-31-26(30)28-16-6-9-22(23-10-5-11-25(29)27-23)24(28)18-32-17-19-12-14-21(15-13-19)20-7-3-2-4-8-20/h2-5,7-8,10-11,19,21-22,24H,6,9,12-18H2,1H3,(H,27,29). The molecule has 2 atom stereocenters. The lowest BCUT2D eigenvalue weighted by molar-refractivity contribution is 0.00963. The number of hydrogen-bond acceptors (Lipinski definition) is 4. The summed E-state index contributed by atoms with van der Waals surface area (Å²) in [4.78, 5) is 29.0. The van der Waals surface area contributed by atoms with Gasteiger partial charge in [0.15, 0.2) is 0 Å². The van der Waals surface area contributed by atoms with Crippen LogP contribution in [0.3, 0.4) is 0 Å². The lowest BCUT2D eigenvalue weighted by Crippen LogP contribution is -2.50. The minimum Gasteiger partial charge on any atom is -0.453 e. The monoisotopic (exact) mass is 438 g/mol. The van der Waals surface area contributed by atoms with Gasteiger partial charge < -0.3 is 19.4 Å². The Labute approximate surface area is 189 Å². The quantitative estimate of drug-likeness (QED) is 0.711. The van der Waals surface area contributed by atoms with E-state index in [1.165, 1.54) is 44.4 Å². The van der Waals surface area contributed by atoms with Crippen molar-refractivity contribution >= 4 is 6.09 Å². The summed E-state index contributed by atoms with van der Waals surface area (Å²) in [6.07, 6.45) is 6.18. The highest BCUT2D eigenvalue weighted by atomic mass is 16.5. The number of methoxy groups -OCH3 is 1. The van der Waals surface area contributed by atoms with E-state index < -0.39 is 0 Å². The van der Waals surface area contributed by atoms with Gasteiger partial charge in [-0.1, -0.05) is 36.4 Å². The molecule has 2 fully saturated rings. The Morgan fingerprint density at radius 1 is 1.00 bits per heavy atom. The summed E-state index contributed by atoms with van der Waals surface area (Å²) in [5.41, 5.74) is 2.19. The fraction of sp³-hybridized carbons (Fsp3) is 0.538. The van der Waals surface area contributed by atoms with Gasteiger partial charge in [0, 0.05) is 30.8 Å². The van der Waals surface area contributed by atoms with Gasteiger partial charge in [-0.15, -0.1) is 0 Å². The Kier molecular flexibility index (Phi) is 7.63. The van der Waals surface area contributed by atoms with Gasteiger partial charge in [0.05, 0.1) is 19.8 Å². The smallest absolute Gasteiger partial charge is 0.409 e. The molecule has 0 spiro atoms. The first-order valence-electron chi connectivity index (χ1n) is 11.8. The maximum atomic E-state index is 12.4. The lowest BCUT2D eigenvalue weighted by Gasteiger charge is -2.40. The Morgan fingerprint density at radius 2 is 1.78 bits per heavy atom. The number of hydrogen-bond donors (Lipinski definition) is 1. The Balaban J connectivity index is 1.35. The molecule has 32 heavy (non-hydrogen) atoms. The minimum absolute atomic E-state index is 0.0329. The maximum Gasteiger partial charge on any atom is 0.409 e. The first-order chi connectivity index (χ1) is 15.7. The van der Waals surface area contributed by atoms with E-state index in [4.69, 9.17) is 9.47 Å². The molecular weight excluding hydrogens is 404 g/mol. The van der Waals surface area contributed by atoms with Gasteiger partial charge >= 0.3 is 6.09 Å². The van der Waals surface area contributed by atoms with Gasteiger partial charge in [-0.25, -0.2) is 4.79 Å². The second-order valence-corrected chi connectivity index (χ2v) is 9.12. The van der Waals surface area contributed by atoms with Crippen molar-refractivity contribution in [2.45, 2.75) is 56.4 Å². The van der Waals surface area contributed by atoms with Crippen LogP contribution in [-0.4, -0.2) is 48.9 Å². The molecule has 1 aliphatic carbocycles. The second kappa shape index (κ2) is 10.8. The van der Waals surface area contributed by atoms with Crippen LogP contribution in [0.2, 0.25) is 0 Å². The number of carbonyl (C=O) groups is 1. The molecule has 172 valence electrons. The topological polar surface area (TPSA) is 71.6 Å². The van der Waals surface area contributed by atoms with Crippen molar-refractivity contribution in [2.75, 3.05) is 26.9 Å². The van der Waals surface area contributed by atoms with Crippen molar-refractivity contribution in [1.82, 2.24) is 9.88 Å². The highest BCUT2D eigenvalue weighted by Crippen LogP contribution is 2.36. The van der Waals surface area contributed by atoms with Crippen molar-refractivity contribution in [2.24, 2.45) is 5.92 Å². The number of nitrogens with one attached hydrogen (secondary N) is 1. The zero-order valence-corrected chi connectivity index (χ0v) is 18.9. The zero-order chi connectivity index (χ0) is 22.3. The third kappa shape index (κ3) is 5.41. The average molecular weight is 439 g/mol. The molecule has 1 aliphatic heterocycles. The van der Waals surface area contributed by atoms with E-state index in [9.17, 15) is 9.59 Å². The summed E-state index contributed by atoms with van der Waals surface area (Å²) in [6.45, 7) is 1.82. The molecule has 6 heteroatoms. The van der Waals surface area contributed by atoms with Gasteiger partial charge in [0.25, 0.3) is 0 Å². The number of benzene rings is 1. The fourth-order valence-corrected chi connectivity index (χ4v) is 5.39. The number of aromatic amines is 1. The van der Waals surface area contributed by atoms with Crippen LogP contribution in [0.5, 0.6) is 0 Å². The molecular formula is C26H34N2O4. The summed E-state index contributed by atoms with van der Waals surface area (Å²) in [7, 11) is 1.42. The largest absolute Gasteiger partial charge is 0.453 e. The minimum atomic E-state index is -0.329. The molecule has 1 saturated carbocycles. The molecule has 1 N–H and O–H groups in total. The predicted octanol–water partition coefficient (Wildman–Crippen LogP) is 4.68. The van der Waals surface area contributed by atoms with E-state index in [0.29, 0.717) is 31.6 Å². The highest BCUT2D eigenvalue weighted by Gasteiger charge is 2.36. The van der Waals surface area contributed by atoms with Crippen LogP contribution < -0.4 is 5.56 Å². The van der Waals surface area contributed by atoms with Crippen LogP contribution in [0.25, 0.3) is 0 Å². The zero-order valence-electron chi connectivity index (χ0n) is 18.9. The molecule has 0 bridgehead atoms. The number of piperidine rings is 1. The summed E-state index contributed by atoms with van der Waals surface area (Å²) in [6, 6.07) is 15.9. The number of pyridine rings is 1. The van der Waals surface area contributed by atoms with Crippen LogP contribution in [-0.2, 0) is 9.47 Å². The average Bonchev–Trinajstić information content (AvgIpc) is 2.84. The van der Waals surface area contributed by atoms with Crippen LogP contribution in [0, 0.1) is 5.92 Å². The second-order valence-electron chi connectivity index (χ2n) is 9.12. The number of likely N-dealkylation sites (tertiary alicyclic amines) is 1. The predicted molar refractivity (Wildman–Crippen MR) is 124 cm³/mol. The fourth-order valence-electron chi connectivity index (χ4n) is 5.39. The summed E-state index contributed by atoms with van der Waals surface area (Å²) < 4.78 is 11.3. The van der Waals surface area contributed by atoms with Crippen LogP contribution in [0.1, 0.15) is 61.6 Å². The van der Waals surface area contributed by atoms with Crippen LogP contribution in [0.4, 0.5) is 4.79 Å². The SMILES string of the molecule is COC(=O)N1CCCC(c2cccc(=O)[nH]2)C1COCC1CCC(c2ccccc2)CC1. The van der Waals surface area contributed by atoms with Gasteiger partial charge in [-0.2, -0.15) is 0 Å². The van der Waals surface area contributed by atoms with Gasteiger partial charge in [0.2, 0.25) is 5.56 Å². The molecule has 6 nitrogen and oxygen atoms in total. The molecule has 4 rings (SSSR count). The van der Waals surface area contributed by atoms with Crippen molar-refractivity contribution in [1.29, 1.82) is 0 Å². The molecule has 2 heterocycles. The van der Waals surface area contributed by atoms with E-state index in [0.717, 1.165) is 18.5 Å². The Morgan fingerprint density at radius 3 is 2.50 bits per heavy atom. The molecule has 2 unspecified atom stereocenters. The summed E-state index contributed by atoms with van der Waals surface area (Å²) in [5.74, 6) is 1.24. The number of amides is 1. The first-order valence-corrected chi connectivity index (χ1v) is 11.8. The highest BCUT2D eigenvalue weighted by molar-refractivity contribution is 5.68. The third-order valence-corrected chi connectivity index (χ3v) is 7.14. The number of rotatable bonds is 6. The number of aromatic nitrogens is 1. The number of carbonyl (C=O) groups excluding carboxylic acids is 1. The van der Waals surface area contributed by atoms with Crippen molar-refractivity contribution in [3.05, 3.63) is 70.1 Å².